The average molecular weight is 366 g/mol. The molecule has 1 saturated heterocycles. The fourth-order valence-corrected chi connectivity index (χ4v) is 3.19. The van der Waals surface area contributed by atoms with E-state index in [1.807, 2.05) is 42.4 Å². The smallest absolute Gasteiger partial charge is 0.257 e. The Morgan fingerprint density at radius 3 is 2.74 bits per heavy atom. The van der Waals surface area contributed by atoms with Gasteiger partial charge in [0.15, 0.2) is 5.75 Å². The Morgan fingerprint density at radius 2 is 2.04 bits per heavy atom. The third-order valence-electron chi connectivity index (χ3n) is 4.61. The van der Waals surface area contributed by atoms with E-state index < -0.39 is 0 Å². The predicted octanol–water partition coefficient (Wildman–Crippen LogP) is 1.89. The van der Waals surface area contributed by atoms with Gasteiger partial charge in [0.05, 0.1) is 24.5 Å². The minimum Gasteiger partial charge on any atom is -0.453 e. The van der Waals surface area contributed by atoms with Crippen molar-refractivity contribution < 1.29 is 9.53 Å². The van der Waals surface area contributed by atoms with E-state index >= 15 is 0 Å². The van der Waals surface area contributed by atoms with E-state index in [1.54, 1.807) is 23.3 Å². The van der Waals surface area contributed by atoms with Crippen LogP contribution in [0.5, 0.6) is 11.5 Å². The number of H-pyrrole nitrogens is 1. The van der Waals surface area contributed by atoms with Crippen LogP contribution in [0.2, 0.25) is 0 Å². The second kappa shape index (κ2) is 7.63. The lowest BCUT2D eigenvalue weighted by Gasteiger charge is -2.34. The van der Waals surface area contributed by atoms with E-state index in [1.165, 1.54) is 0 Å². The number of carbonyl (C=O) groups is 1. The van der Waals surface area contributed by atoms with Crippen molar-refractivity contribution in [3.8, 4) is 11.5 Å². The zero-order chi connectivity index (χ0) is 18.6. The minimum absolute atomic E-state index is 0.00728. The first-order chi connectivity index (χ1) is 13.2. The molecule has 0 radical (unpaired) electrons. The summed E-state index contributed by atoms with van der Waals surface area (Å²) in [6, 6.07) is 7.34. The molecule has 140 valence electrons. The van der Waals surface area contributed by atoms with Crippen molar-refractivity contribution in [2.45, 2.75) is 6.54 Å². The molecule has 3 aromatic rings. The Morgan fingerprint density at radius 1 is 1.22 bits per heavy atom. The molecule has 1 aliphatic heterocycles. The van der Waals surface area contributed by atoms with E-state index in [0.29, 0.717) is 30.2 Å². The number of amides is 1. The van der Waals surface area contributed by atoms with Crippen LogP contribution < -0.4 is 4.74 Å². The summed E-state index contributed by atoms with van der Waals surface area (Å²) >= 11 is 0. The van der Waals surface area contributed by atoms with Gasteiger partial charge in [0, 0.05) is 45.6 Å². The van der Waals surface area contributed by atoms with Crippen LogP contribution in [0.3, 0.4) is 0 Å². The Labute approximate surface area is 157 Å². The number of hydrogen-bond donors (Lipinski definition) is 1. The highest BCUT2D eigenvalue weighted by molar-refractivity contribution is 5.97. The number of carbonyl (C=O) groups excluding carboxylic acids is 1. The maximum absolute atomic E-state index is 13.0. The number of aryl methyl sites for hydroxylation is 1. The summed E-state index contributed by atoms with van der Waals surface area (Å²) in [4.78, 5) is 24.6. The van der Waals surface area contributed by atoms with Crippen LogP contribution in [0, 0.1) is 0 Å². The fourth-order valence-electron chi connectivity index (χ4n) is 3.19. The number of para-hydroxylation sites is 1. The molecule has 0 atom stereocenters. The second-order valence-electron chi connectivity index (χ2n) is 6.55. The molecule has 1 N–H and O–H groups in total. The predicted molar refractivity (Wildman–Crippen MR) is 99.5 cm³/mol. The van der Waals surface area contributed by atoms with E-state index in [0.717, 1.165) is 25.5 Å². The first kappa shape index (κ1) is 17.3. The Hall–Kier alpha value is -3.13. The number of ether oxygens (including phenoxy) is 1. The molecule has 1 amide bonds. The molecule has 2 aromatic heterocycles. The van der Waals surface area contributed by atoms with Gasteiger partial charge in [-0.3, -0.25) is 14.4 Å². The zero-order valence-electron chi connectivity index (χ0n) is 15.2. The highest BCUT2D eigenvalue weighted by Gasteiger charge is 2.24. The first-order valence-corrected chi connectivity index (χ1v) is 8.94. The number of nitrogens with zero attached hydrogens (tertiary/aromatic N) is 5. The van der Waals surface area contributed by atoms with E-state index in [-0.39, 0.29) is 5.91 Å². The van der Waals surface area contributed by atoms with Gasteiger partial charge >= 0.3 is 0 Å². The summed E-state index contributed by atoms with van der Waals surface area (Å²) < 4.78 is 7.54. The molecule has 8 heteroatoms. The number of imidazole rings is 1. The van der Waals surface area contributed by atoms with E-state index in [2.05, 4.69) is 20.0 Å². The van der Waals surface area contributed by atoms with Gasteiger partial charge < -0.3 is 14.6 Å². The van der Waals surface area contributed by atoms with Gasteiger partial charge in [-0.15, -0.1) is 0 Å². The third kappa shape index (κ3) is 4.01. The largest absolute Gasteiger partial charge is 0.453 e. The Kier molecular flexibility index (Phi) is 4.88. The molecule has 0 spiro atoms. The SMILES string of the molecule is Cn1cc(Oc2ccccc2C(=O)N2CCN(Cc3ncc[nH]3)CC2)cn1. The fraction of sp³-hybridized carbons (Fsp3) is 0.316. The van der Waals surface area contributed by atoms with Gasteiger partial charge in [-0.05, 0) is 12.1 Å². The van der Waals surface area contributed by atoms with Crippen molar-refractivity contribution in [2.75, 3.05) is 26.2 Å². The van der Waals surface area contributed by atoms with Gasteiger partial charge in [-0.25, -0.2) is 4.98 Å². The zero-order valence-corrected chi connectivity index (χ0v) is 15.2. The van der Waals surface area contributed by atoms with Gasteiger partial charge in [0.2, 0.25) is 0 Å². The first-order valence-electron chi connectivity index (χ1n) is 8.94. The minimum atomic E-state index is -0.00728. The van der Waals surface area contributed by atoms with Gasteiger partial charge in [0.25, 0.3) is 5.91 Å². The summed E-state index contributed by atoms with van der Waals surface area (Å²) in [6.07, 6.45) is 6.99. The number of hydrogen-bond acceptors (Lipinski definition) is 5. The highest BCUT2D eigenvalue weighted by atomic mass is 16.5. The molecule has 4 rings (SSSR count). The third-order valence-corrected chi connectivity index (χ3v) is 4.61. The molecule has 0 saturated carbocycles. The summed E-state index contributed by atoms with van der Waals surface area (Å²) in [5.41, 5.74) is 0.570. The van der Waals surface area contributed by atoms with Gasteiger partial charge in [-0.2, -0.15) is 5.10 Å². The molecule has 3 heterocycles. The summed E-state index contributed by atoms with van der Waals surface area (Å²) in [5, 5.41) is 4.10. The topological polar surface area (TPSA) is 79.3 Å². The quantitative estimate of drug-likeness (QED) is 0.746. The standard InChI is InChI=1S/C19H22N6O2/c1-23-13-15(12-22-23)27-17-5-3-2-4-16(17)19(26)25-10-8-24(9-11-25)14-18-20-6-7-21-18/h2-7,12-13H,8-11,14H2,1H3,(H,20,21). The van der Waals surface area contributed by atoms with Crippen LogP contribution in [0.4, 0.5) is 0 Å². The van der Waals surface area contributed by atoms with Crippen LogP contribution >= 0.6 is 0 Å². The van der Waals surface area contributed by atoms with Crippen molar-refractivity contribution in [1.29, 1.82) is 0 Å². The van der Waals surface area contributed by atoms with Crippen LogP contribution in [-0.4, -0.2) is 61.6 Å². The number of aromatic amines is 1. The summed E-state index contributed by atoms with van der Waals surface area (Å²) in [5.74, 6) is 2.10. The lowest BCUT2D eigenvalue weighted by molar-refractivity contribution is 0.0623. The van der Waals surface area contributed by atoms with Gasteiger partial charge in [-0.1, -0.05) is 12.1 Å². The number of rotatable bonds is 5. The summed E-state index contributed by atoms with van der Waals surface area (Å²) in [7, 11) is 1.83. The molecule has 0 bridgehead atoms. The van der Waals surface area contributed by atoms with Crippen LogP contribution in [0.1, 0.15) is 16.2 Å². The number of benzene rings is 1. The van der Waals surface area contributed by atoms with Crippen molar-refractivity contribution >= 4 is 5.91 Å². The molecular formula is C19H22N6O2. The van der Waals surface area contributed by atoms with Crippen LogP contribution in [-0.2, 0) is 13.6 Å². The molecule has 0 aliphatic carbocycles. The molecule has 27 heavy (non-hydrogen) atoms. The maximum atomic E-state index is 13.0. The number of nitrogens with one attached hydrogen (secondary N) is 1. The van der Waals surface area contributed by atoms with Crippen molar-refractivity contribution in [2.24, 2.45) is 7.05 Å². The lowest BCUT2D eigenvalue weighted by Crippen LogP contribution is -2.48. The van der Waals surface area contributed by atoms with E-state index in [9.17, 15) is 4.79 Å². The van der Waals surface area contributed by atoms with Crippen LogP contribution in [0.25, 0.3) is 0 Å². The highest BCUT2D eigenvalue weighted by Crippen LogP contribution is 2.26. The second-order valence-corrected chi connectivity index (χ2v) is 6.55. The molecule has 8 nitrogen and oxygen atoms in total. The average Bonchev–Trinajstić information content (AvgIpc) is 3.34. The molecule has 1 aromatic carbocycles. The number of aromatic nitrogens is 4. The van der Waals surface area contributed by atoms with Crippen LogP contribution in [0.15, 0.2) is 49.1 Å². The Bertz CT molecular complexity index is 897. The molecule has 1 fully saturated rings. The molecular weight excluding hydrogens is 344 g/mol. The maximum Gasteiger partial charge on any atom is 0.257 e. The lowest BCUT2D eigenvalue weighted by atomic mass is 10.1. The van der Waals surface area contributed by atoms with Gasteiger partial charge in [0.1, 0.15) is 11.6 Å². The Balaban J connectivity index is 1.41. The van der Waals surface area contributed by atoms with Crippen molar-refractivity contribution in [3.63, 3.8) is 0 Å². The van der Waals surface area contributed by atoms with E-state index in [4.69, 9.17) is 4.74 Å². The molecule has 0 unspecified atom stereocenters. The normalized spacial score (nSPS) is 15.1. The number of piperazine rings is 1. The molecule has 1 aliphatic rings. The van der Waals surface area contributed by atoms with Crippen molar-refractivity contribution in [1.82, 2.24) is 29.5 Å². The summed E-state index contributed by atoms with van der Waals surface area (Å²) in [6.45, 7) is 3.77. The monoisotopic (exact) mass is 366 g/mol. The van der Waals surface area contributed by atoms with Crippen molar-refractivity contribution in [3.05, 3.63) is 60.4 Å².